The van der Waals surface area contributed by atoms with Crippen LogP contribution in [0.2, 0.25) is 5.02 Å². The zero-order valence-corrected chi connectivity index (χ0v) is 14.6. The molecule has 0 amide bonds. The average molecular weight is 360 g/mol. The number of aryl methyl sites for hydroxylation is 1. The van der Waals surface area contributed by atoms with Crippen LogP contribution >= 0.6 is 11.6 Å². The number of aromatic nitrogens is 1. The summed E-state index contributed by atoms with van der Waals surface area (Å²) in [5, 5.41) is 14.2. The fourth-order valence-electron chi connectivity index (χ4n) is 2.18. The van der Waals surface area contributed by atoms with Gasteiger partial charge in [-0.3, -0.25) is 0 Å². The number of hydrogen-bond acceptors (Lipinski definition) is 6. The molecule has 1 heterocycles. The van der Waals surface area contributed by atoms with Crippen LogP contribution in [0.1, 0.15) is 36.8 Å². The second kappa shape index (κ2) is 6.90. The first-order valence-electron chi connectivity index (χ1n) is 7.10. The van der Waals surface area contributed by atoms with Crippen molar-refractivity contribution in [2.24, 2.45) is 0 Å². The van der Waals surface area contributed by atoms with Gasteiger partial charge in [-0.25, -0.2) is 8.42 Å². The Bertz CT molecular complexity index is 800. The van der Waals surface area contributed by atoms with E-state index in [1.54, 1.807) is 20.8 Å². The molecule has 0 saturated carbocycles. The number of benzene rings is 1. The Hall–Kier alpha value is -1.57. The van der Waals surface area contributed by atoms with E-state index in [0.29, 0.717) is 16.9 Å². The zero-order chi connectivity index (χ0) is 17.2. The minimum absolute atomic E-state index is 0.0184. The van der Waals surface area contributed by atoms with Crippen molar-refractivity contribution in [3.63, 3.8) is 0 Å². The SMILES string of the molecule is CCOc1c(S(=O)(=O)CC)ccc(C(O)c2cnoc2C)c1Cl. The van der Waals surface area contributed by atoms with E-state index < -0.39 is 15.9 Å². The van der Waals surface area contributed by atoms with Gasteiger partial charge in [0, 0.05) is 11.1 Å². The highest BCUT2D eigenvalue weighted by molar-refractivity contribution is 7.91. The highest BCUT2D eigenvalue weighted by Crippen LogP contribution is 2.40. The van der Waals surface area contributed by atoms with Crippen molar-refractivity contribution in [1.82, 2.24) is 5.16 Å². The van der Waals surface area contributed by atoms with Crippen LogP contribution in [-0.4, -0.2) is 31.0 Å². The van der Waals surface area contributed by atoms with E-state index in [4.69, 9.17) is 20.9 Å². The second-order valence-corrected chi connectivity index (χ2v) is 7.50. The molecule has 0 aliphatic heterocycles. The summed E-state index contributed by atoms with van der Waals surface area (Å²) in [7, 11) is -3.50. The third-order valence-electron chi connectivity index (χ3n) is 3.47. The first kappa shape index (κ1) is 17.8. The van der Waals surface area contributed by atoms with Crippen molar-refractivity contribution in [2.45, 2.75) is 31.8 Å². The minimum atomic E-state index is -3.50. The Morgan fingerprint density at radius 1 is 1.35 bits per heavy atom. The Labute approximate surface area is 139 Å². The molecular weight excluding hydrogens is 342 g/mol. The molecule has 0 aliphatic rings. The summed E-state index contributed by atoms with van der Waals surface area (Å²) < 4.78 is 34.7. The molecule has 1 atom stereocenters. The molecule has 6 nitrogen and oxygen atoms in total. The van der Waals surface area contributed by atoms with E-state index in [-0.39, 0.29) is 28.0 Å². The molecule has 1 aromatic heterocycles. The quantitative estimate of drug-likeness (QED) is 0.852. The van der Waals surface area contributed by atoms with Gasteiger partial charge in [-0.2, -0.15) is 0 Å². The number of halogens is 1. The molecule has 0 bridgehead atoms. The van der Waals surface area contributed by atoms with E-state index in [2.05, 4.69) is 5.16 Å². The molecule has 23 heavy (non-hydrogen) atoms. The van der Waals surface area contributed by atoms with Gasteiger partial charge in [0.2, 0.25) is 0 Å². The fraction of sp³-hybridized carbons (Fsp3) is 0.400. The monoisotopic (exact) mass is 359 g/mol. The number of ether oxygens (including phenoxy) is 1. The van der Waals surface area contributed by atoms with Crippen molar-refractivity contribution in [3.05, 3.63) is 40.2 Å². The average Bonchev–Trinajstić information content (AvgIpc) is 2.94. The topological polar surface area (TPSA) is 89.6 Å². The van der Waals surface area contributed by atoms with Crippen LogP contribution < -0.4 is 4.74 Å². The summed E-state index contributed by atoms with van der Waals surface area (Å²) in [5.41, 5.74) is 0.789. The van der Waals surface area contributed by atoms with Gasteiger partial charge in [0.05, 0.1) is 23.6 Å². The lowest BCUT2D eigenvalue weighted by Gasteiger charge is -2.17. The fourth-order valence-corrected chi connectivity index (χ4v) is 3.59. The van der Waals surface area contributed by atoms with Gasteiger partial charge in [0.15, 0.2) is 15.6 Å². The number of aliphatic hydroxyl groups is 1. The number of aliphatic hydroxyl groups excluding tert-OH is 1. The first-order chi connectivity index (χ1) is 10.8. The lowest BCUT2D eigenvalue weighted by Crippen LogP contribution is -2.10. The Morgan fingerprint density at radius 3 is 2.57 bits per heavy atom. The van der Waals surface area contributed by atoms with Crippen LogP contribution in [0.15, 0.2) is 27.7 Å². The van der Waals surface area contributed by atoms with Crippen LogP contribution in [-0.2, 0) is 9.84 Å². The summed E-state index contributed by atoms with van der Waals surface area (Å²) >= 11 is 6.32. The first-order valence-corrected chi connectivity index (χ1v) is 9.13. The zero-order valence-electron chi connectivity index (χ0n) is 13.0. The van der Waals surface area contributed by atoms with Gasteiger partial charge in [0.1, 0.15) is 16.8 Å². The van der Waals surface area contributed by atoms with Gasteiger partial charge >= 0.3 is 0 Å². The van der Waals surface area contributed by atoms with Crippen LogP contribution in [0, 0.1) is 6.92 Å². The van der Waals surface area contributed by atoms with E-state index in [1.807, 2.05) is 0 Å². The third kappa shape index (κ3) is 3.36. The lowest BCUT2D eigenvalue weighted by molar-refractivity contribution is 0.217. The molecular formula is C15H18ClNO5S. The van der Waals surface area contributed by atoms with Crippen LogP contribution in [0.25, 0.3) is 0 Å². The van der Waals surface area contributed by atoms with E-state index >= 15 is 0 Å². The van der Waals surface area contributed by atoms with Gasteiger partial charge in [-0.1, -0.05) is 29.7 Å². The molecule has 1 unspecified atom stereocenters. The Morgan fingerprint density at radius 2 is 2.04 bits per heavy atom. The van der Waals surface area contributed by atoms with Gasteiger partial charge in [-0.15, -0.1) is 0 Å². The highest BCUT2D eigenvalue weighted by atomic mass is 35.5. The number of rotatable bonds is 6. The largest absolute Gasteiger partial charge is 0.491 e. The van der Waals surface area contributed by atoms with E-state index in [0.717, 1.165) is 0 Å². The van der Waals surface area contributed by atoms with E-state index in [1.165, 1.54) is 18.3 Å². The normalized spacial score (nSPS) is 13.1. The predicted molar refractivity (Wildman–Crippen MR) is 85.6 cm³/mol. The van der Waals surface area contributed by atoms with Gasteiger partial charge < -0.3 is 14.4 Å². The minimum Gasteiger partial charge on any atom is -0.491 e. The summed E-state index contributed by atoms with van der Waals surface area (Å²) in [6.07, 6.45) is 0.305. The lowest BCUT2D eigenvalue weighted by atomic mass is 10.0. The summed E-state index contributed by atoms with van der Waals surface area (Å²) in [6, 6.07) is 2.88. The van der Waals surface area contributed by atoms with Crippen molar-refractivity contribution in [2.75, 3.05) is 12.4 Å². The van der Waals surface area contributed by atoms with Crippen molar-refractivity contribution in [3.8, 4) is 5.75 Å². The smallest absolute Gasteiger partial charge is 0.181 e. The van der Waals surface area contributed by atoms with Crippen LogP contribution in [0.5, 0.6) is 5.75 Å². The van der Waals surface area contributed by atoms with Crippen molar-refractivity contribution in [1.29, 1.82) is 0 Å². The third-order valence-corrected chi connectivity index (χ3v) is 5.61. The van der Waals surface area contributed by atoms with Crippen molar-refractivity contribution >= 4 is 21.4 Å². The molecule has 0 saturated heterocycles. The van der Waals surface area contributed by atoms with Crippen LogP contribution in [0.4, 0.5) is 0 Å². The maximum absolute atomic E-state index is 12.2. The molecule has 0 aliphatic carbocycles. The Balaban J connectivity index is 2.60. The number of hydrogen-bond donors (Lipinski definition) is 1. The molecule has 0 spiro atoms. The van der Waals surface area contributed by atoms with Crippen LogP contribution in [0.3, 0.4) is 0 Å². The molecule has 0 fully saturated rings. The molecule has 1 N–H and O–H groups in total. The molecule has 8 heteroatoms. The van der Waals surface area contributed by atoms with Gasteiger partial charge in [-0.05, 0) is 19.9 Å². The molecule has 1 aromatic carbocycles. The molecule has 0 radical (unpaired) electrons. The predicted octanol–water partition coefficient (Wildman–Crippen LogP) is 2.91. The summed E-state index contributed by atoms with van der Waals surface area (Å²) in [4.78, 5) is 0.0184. The number of nitrogens with zero attached hydrogens (tertiary/aromatic N) is 1. The molecule has 126 valence electrons. The van der Waals surface area contributed by atoms with E-state index in [9.17, 15) is 13.5 Å². The van der Waals surface area contributed by atoms with Gasteiger partial charge in [0.25, 0.3) is 0 Å². The number of sulfone groups is 1. The second-order valence-electron chi connectivity index (χ2n) is 4.87. The summed E-state index contributed by atoms with van der Waals surface area (Å²) in [6.45, 7) is 5.19. The standard InChI is InChI=1S/C15H18ClNO5S/c1-4-21-15-12(23(19,20)5-2)7-6-10(13(15)16)14(18)11-8-17-22-9(11)3/h6-8,14,18H,4-5H2,1-3H3. The summed E-state index contributed by atoms with van der Waals surface area (Å²) in [5.74, 6) is 0.439. The highest BCUT2D eigenvalue weighted by Gasteiger charge is 2.26. The molecule has 2 aromatic rings. The Kier molecular flexibility index (Phi) is 5.33. The van der Waals surface area contributed by atoms with Crippen molar-refractivity contribution < 1.29 is 22.8 Å². The molecule has 2 rings (SSSR count). The maximum Gasteiger partial charge on any atom is 0.181 e. The maximum atomic E-state index is 12.2.